The van der Waals surface area contributed by atoms with Gasteiger partial charge in [-0.05, 0) is 13.1 Å². The number of likely N-dealkylation sites (N-methyl/N-ethyl adjacent to an activating group) is 1. The number of ether oxygens (including phenoxy) is 1. The minimum absolute atomic E-state index is 0.0593. The van der Waals surface area contributed by atoms with Crippen LogP contribution >= 0.6 is 0 Å². The maximum atomic E-state index is 12.4. The zero-order valence-electron chi connectivity index (χ0n) is 20.8. The van der Waals surface area contributed by atoms with E-state index in [0.717, 1.165) is 13.1 Å². The van der Waals surface area contributed by atoms with Crippen molar-refractivity contribution in [2.45, 2.75) is 24.5 Å². The summed E-state index contributed by atoms with van der Waals surface area (Å²) in [6.07, 6.45) is -3.99. The molecule has 0 radical (unpaired) electrons. The number of hydrazone groups is 1. The number of benzene rings is 1. The number of nitrogens with two attached hydrogens (primary N) is 1. The smallest absolute Gasteiger partial charge is 0.293 e. The highest BCUT2D eigenvalue weighted by atomic mass is 16.6. The van der Waals surface area contributed by atoms with E-state index in [1.165, 1.54) is 16.8 Å². The fourth-order valence-electron chi connectivity index (χ4n) is 4.66. The van der Waals surface area contributed by atoms with Crippen LogP contribution in [0.1, 0.15) is 11.8 Å². The fraction of sp³-hybridized carbons (Fsp3) is 0.455. The molecule has 1 aromatic carbocycles. The number of imidazole rings is 1. The van der Waals surface area contributed by atoms with Gasteiger partial charge in [-0.2, -0.15) is 10.1 Å². The lowest BCUT2D eigenvalue weighted by molar-refractivity contribution is -0.384. The Kier molecular flexibility index (Phi) is 7.15. The first kappa shape index (κ1) is 26.4. The predicted molar refractivity (Wildman–Crippen MR) is 140 cm³/mol. The molecule has 0 aliphatic carbocycles. The number of nitrogens with zero attached hydrogens (tertiary/aromatic N) is 7. The molecule has 39 heavy (non-hydrogen) atoms. The molecule has 0 amide bonds. The van der Waals surface area contributed by atoms with Gasteiger partial charge in [-0.1, -0.05) is 6.07 Å². The van der Waals surface area contributed by atoms with Crippen molar-refractivity contribution in [3.8, 4) is 0 Å². The molecule has 0 spiro atoms. The largest absolute Gasteiger partial charge is 0.394 e. The third-order valence-corrected chi connectivity index (χ3v) is 6.76. The third-order valence-electron chi connectivity index (χ3n) is 6.76. The molecule has 2 aliphatic heterocycles. The summed E-state index contributed by atoms with van der Waals surface area (Å²) in [7, 11) is 2.00. The van der Waals surface area contributed by atoms with Crippen molar-refractivity contribution in [3.05, 3.63) is 44.2 Å². The molecule has 2 saturated heterocycles. The highest BCUT2D eigenvalue weighted by Gasteiger charge is 2.45. The second-order valence-electron chi connectivity index (χ2n) is 9.32. The van der Waals surface area contributed by atoms with Crippen LogP contribution in [0, 0.1) is 10.1 Å². The summed E-state index contributed by atoms with van der Waals surface area (Å²) in [5.74, 6) is -0.313. The van der Waals surface area contributed by atoms with Crippen LogP contribution in [0.3, 0.4) is 0 Å². The molecule has 7 N–H and O–H groups in total. The number of anilines is 3. The molecule has 4 atom stereocenters. The molecule has 2 aromatic heterocycles. The number of aliphatic hydroxyl groups is 3. The second-order valence-corrected chi connectivity index (χ2v) is 9.32. The number of nitrogen functional groups attached to an aromatic ring is 1. The molecule has 5 rings (SSSR count). The molecule has 208 valence electrons. The van der Waals surface area contributed by atoms with Crippen LogP contribution in [0.15, 0.2) is 28.1 Å². The van der Waals surface area contributed by atoms with Crippen LogP contribution < -0.4 is 21.6 Å². The Bertz CT molecular complexity index is 1470. The van der Waals surface area contributed by atoms with E-state index in [0.29, 0.717) is 24.3 Å². The van der Waals surface area contributed by atoms with Crippen molar-refractivity contribution in [2.24, 2.45) is 5.10 Å². The number of rotatable bonds is 7. The van der Waals surface area contributed by atoms with Crippen molar-refractivity contribution >= 4 is 40.6 Å². The van der Waals surface area contributed by atoms with Crippen LogP contribution in [0.5, 0.6) is 0 Å². The number of aliphatic hydroxyl groups excluding tert-OH is 3. The van der Waals surface area contributed by atoms with Crippen molar-refractivity contribution < 1.29 is 25.0 Å². The summed E-state index contributed by atoms with van der Waals surface area (Å²) in [5, 5.41) is 46.2. The average Bonchev–Trinajstić information content (AvgIpc) is 3.40. The van der Waals surface area contributed by atoms with Crippen LogP contribution in [-0.2, 0) is 4.74 Å². The molecule has 4 heterocycles. The first-order chi connectivity index (χ1) is 18.7. The first-order valence-corrected chi connectivity index (χ1v) is 12.1. The first-order valence-electron chi connectivity index (χ1n) is 12.1. The van der Waals surface area contributed by atoms with Crippen LogP contribution in [0.4, 0.5) is 23.3 Å². The standard InChI is InChI=1S/C22H28N10O7/c1-29-4-6-30(7-5-29)12-3-2-11(8-13(12)32(37)38)9-24-28-22-25-15-18(26-21(23)27-19(15)36)31(22)20-17(35)16(34)14(10-33)39-20/h2-3,8-9,14,16-17,20,33-35H,4-7,10H2,1H3,(H,25,28)(H3,23,26,27,36). The quantitative estimate of drug-likeness (QED) is 0.112. The summed E-state index contributed by atoms with van der Waals surface area (Å²) in [6, 6.07) is 4.76. The molecular weight excluding hydrogens is 516 g/mol. The molecule has 2 aliphatic rings. The predicted octanol–water partition coefficient (Wildman–Crippen LogP) is -1.58. The van der Waals surface area contributed by atoms with Crippen LogP contribution in [0.2, 0.25) is 0 Å². The molecule has 0 saturated carbocycles. The summed E-state index contributed by atoms with van der Waals surface area (Å²) in [5.41, 5.74) is 8.35. The fourth-order valence-corrected chi connectivity index (χ4v) is 4.66. The van der Waals surface area contributed by atoms with E-state index in [1.807, 2.05) is 11.9 Å². The van der Waals surface area contributed by atoms with Gasteiger partial charge in [-0.25, -0.2) is 10.4 Å². The van der Waals surface area contributed by atoms with Crippen molar-refractivity contribution in [1.29, 1.82) is 0 Å². The zero-order valence-corrected chi connectivity index (χ0v) is 20.8. The molecule has 17 heteroatoms. The Morgan fingerprint density at radius 1 is 1.28 bits per heavy atom. The molecule has 0 bridgehead atoms. The van der Waals surface area contributed by atoms with Gasteiger partial charge in [0.25, 0.3) is 11.2 Å². The van der Waals surface area contributed by atoms with Gasteiger partial charge in [-0.3, -0.25) is 24.5 Å². The maximum absolute atomic E-state index is 12.4. The SMILES string of the molecule is CN1CCN(c2ccc(C=NNc3nc4c(=O)[nH]c(N)nc4n3C3OC(CO)C(O)C3O)cc2[N+](=O)[O-])CC1. The van der Waals surface area contributed by atoms with E-state index < -0.39 is 41.6 Å². The second kappa shape index (κ2) is 10.5. The number of aromatic amines is 1. The number of nitro benzene ring substituents is 1. The van der Waals surface area contributed by atoms with Crippen LogP contribution in [-0.4, -0.2) is 109 Å². The van der Waals surface area contributed by atoms with E-state index in [2.05, 4.69) is 30.4 Å². The van der Waals surface area contributed by atoms with Crippen molar-refractivity contribution in [2.75, 3.05) is 55.9 Å². The van der Waals surface area contributed by atoms with E-state index in [1.54, 1.807) is 12.1 Å². The van der Waals surface area contributed by atoms with Crippen molar-refractivity contribution in [3.63, 3.8) is 0 Å². The highest BCUT2D eigenvalue weighted by molar-refractivity contribution is 5.84. The molecule has 2 fully saturated rings. The average molecular weight is 545 g/mol. The van der Waals surface area contributed by atoms with Gasteiger partial charge >= 0.3 is 0 Å². The Labute approximate surface area is 220 Å². The number of fused-ring (bicyclic) bond motifs is 1. The number of hydrogen-bond acceptors (Lipinski definition) is 14. The Morgan fingerprint density at radius 2 is 2.03 bits per heavy atom. The van der Waals surface area contributed by atoms with Gasteiger partial charge in [0.2, 0.25) is 11.9 Å². The Morgan fingerprint density at radius 3 is 2.69 bits per heavy atom. The number of piperazine rings is 1. The number of H-pyrrole nitrogens is 1. The lowest BCUT2D eigenvalue weighted by Gasteiger charge is -2.33. The van der Waals surface area contributed by atoms with E-state index in [9.17, 15) is 30.2 Å². The van der Waals surface area contributed by atoms with E-state index >= 15 is 0 Å². The maximum Gasteiger partial charge on any atom is 0.293 e. The summed E-state index contributed by atoms with van der Waals surface area (Å²) in [4.78, 5) is 38.5. The number of nitro groups is 1. The van der Waals surface area contributed by atoms with E-state index in [4.69, 9.17) is 10.5 Å². The van der Waals surface area contributed by atoms with Crippen molar-refractivity contribution in [1.82, 2.24) is 24.4 Å². The monoisotopic (exact) mass is 544 g/mol. The molecule has 3 aromatic rings. The Balaban J connectivity index is 1.45. The molecular formula is C22H28N10O7. The number of nitrogens with one attached hydrogen (secondary N) is 2. The summed E-state index contributed by atoms with van der Waals surface area (Å²) in [6.45, 7) is 2.36. The topological polar surface area (TPSA) is 234 Å². The Hall–Kier alpha value is -4.16. The molecule has 4 unspecified atom stereocenters. The minimum Gasteiger partial charge on any atom is -0.394 e. The minimum atomic E-state index is -1.50. The van der Waals surface area contributed by atoms with Gasteiger partial charge in [0.15, 0.2) is 17.4 Å². The summed E-state index contributed by atoms with van der Waals surface area (Å²) >= 11 is 0. The highest BCUT2D eigenvalue weighted by Crippen LogP contribution is 2.34. The third kappa shape index (κ3) is 5.00. The van der Waals surface area contributed by atoms with Crippen LogP contribution in [0.25, 0.3) is 11.2 Å². The van der Waals surface area contributed by atoms with Gasteiger partial charge < -0.3 is 35.6 Å². The normalized spacial score (nSPS) is 24.2. The lowest BCUT2D eigenvalue weighted by Crippen LogP contribution is -2.44. The van der Waals surface area contributed by atoms with Gasteiger partial charge in [-0.15, -0.1) is 0 Å². The number of hydrogen-bond donors (Lipinski definition) is 6. The van der Waals surface area contributed by atoms with E-state index in [-0.39, 0.29) is 28.7 Å². The van der Waals surface area contributed by atoms with Gasteiger partial charge in [0.05, 0.1) is 17.7 Å². The summed E-state index contributed by atoms with van der Waals surface area (Å²) < 4.78 is 6.79. The lowest BCUT2D eigenvalue weighted by atomic mass is 10.1. The number of aromatic nitrogens is 4. The van der Waals surface area contributed by atoms with Gasteiger partial charge in [0, 0.05) is 37.8 Å². The zero-order chi connectivity index (χ0) is 27.8. The molecule has 17 nitrogen and oxygen atoms in total. The van der Waals surface area contributed by atoms with Gasteiger partial charge in [0.1, 0.15) is 24.0 Å².